The number of rotatable bonds is 1. The van der Waals surface area contributed by atoms with Crippen LogP contribution in [0.2, 0.25) is 0 Å². The maximum Gasteiger partial charge on any atom is 0.573 e. The quantitative estimate of drug-likeness (QED) is 0.562. The topological polar surface area (TPSA) is 9.23 Å². The van der Waals surface area contributed by atoms with Crippen molar-refractivity contribution >= 4 is 15.9 Å². The van der Waals surface area contributed by atoms with Crippen LogP contribution in [0.5, 0.6) is 5.75 Å². The van der Waals surface area contributed by atoms with Gasteiger partial charge in [-0.05, 0) is 22.0 Å². The summed E-state index contributed by atoms with van der Waals surface area (Å²) in [5.41, 5.74) is 0. The molecule has 0 heterocycles. The summed E-state index contributed by atoms with van der Waals surface area (Å²) < 4.78 is 63.2. The van der Waals surface area contributed by atoms with E-state index >= 15 is 0 Å². The fourth-order valence-electron chi connectivity index (χ4n) is 0.731. The van der Waals surface area contributed by atoms with E-state index < -0.39 is 28.2 Å². The van der Waals surface area contributed by atoms with Crippen LogP contribution < -0.4 is 4.74 Å². The molecule has 1 rings (SSSR count). The second kappa shape index (κ2) is 3.72. The van der Waals surface area contributed by atoms with Crippen LogP contribution in [0.4, 0.5) is 22.0 Å². The Hall–Kier alpha value is -0.850. The van der Waals surface area contributed by atoms with Crippen molar-refractivity contribution in [2.75, 3.05) is 0 Å². The van der Waals surface area contributed by atoms with E-state index in [9.17, 15) is 22.0 Å². The summed E-state index contributed by atoms with van der Waals surface area (Å²) in [6.45, 7) is 0. The van der Waals surface area contributed by atoms with Gasteiger partial charge < -0.3 is 4.74 Å². The van der Waals surface area contributed by atoms with Gasteiger partial charge in [0.2, 0.25) is 0 Å². The molecule has 0 bridgehead atoms. The molecular formula is C7H2BrF5O. The molecule has 14 heavy (non-hydrogen) atoms. The molecule has 1 aromatic carbocycles. The van der Waals surface area contributed by atoms with Crippen LogP contribution in [0.25, 0.3) is 0 Å². The number of halogens is 6. The molecule has 0 aliphatic rings. The van der Waals surface area contributed by atoms with E-state index in [1.165, 1.54) is 0 Å². The summed E-state index contributed by atoms with van der Waals surface area (Å²) in [4.78, 5) is 0. The average Bonchev–Trinajstić information content (AvgIpc) is 1.96. The summed E-state index contributed by atoms with van der Waals surface area (Å²) in [5.74, 6) is -3.54. The lowest BCUT2D eigenvalue weighted by Gasteiger charge is -2.10. The third kappa shape index (κ3) is 2.83. The first-order chi connectivity index (χ1) is 6.29. The van der Waals surface area contributed by atoms with Gasteiger partial charge in [0.25, 0.3) is 0 Å². The molecule has 0 aliphatic carbocycles. The third-order valence-electron chi connectivity index (χ3n) is 1.19. The van der Waals surface area contributed by atoms with Crippen molar-refractivity contribution in [1.29, 1.82) is 0 Å². The molecule has 7 heteroatoms. The van der Waals surface area contributed by atoms with Gasteiger partial charge in [-0.3, -0.25) is 0 Å². The van der Waals surface area contributed by atoms with E-state index in [2.05, 4.69) is 20.7 Å². The molecule has 0 saturated heterocycles. The molecule has 0 unspecified atom stereocenters. The van der Waals surface area contributed by atoms with Gasteiger partial charge in [0.05, 0.1) is 4.47 Å². The van der Waals surface area contributed by atoms with Crippen LogP contribution in [0.3, 0.4) is 0 Å². The zero-order chi connectivity index (χ0) is 10.9. The van der Waals surface area contributed by atoms with Crippen molar-refractivity contribution in [2.45, 2.75) is 6.36 Å². The van der Waals surface area contributed by atoms with Crippen LogP contribution in [0.1, 0.15) is 0 Å². The molecule has 0 N–H and O–H groups in total. The van der Waals surface area contributed by atoms with Gasteiger partial charge in [-0.25, -0.2) is 8.78 Å². The van der Waals surface area contributed by atoms with Crippen molar-refractivity contribution in [3.05, 3.63) is 28.2 Å². The van der Waals surface area contributed by atoms with Crippen molar-refractivity contribution < 1.29 is 26.7 Å². The summed E-state index contributed by atoms with van der Waals surface area (Å²) in [5, 5.41) is 0. The first-order valence-electron chi connectivity index (χ1n) is 3.20. The Morgan fingerprint density at radius 1 is 1.14 bits per heavy atom. The zero-order valence-electron chi connectivity index (χ0n) is 6.33. The monoisotopic (exact) mass is 276 g/mol. The summed E-state index contributed by atoms with van der Waals surface area (Å²) in [6, 6.07) is 1.01. The highest BCUT2D eigenvalue weighted by Crippen LogP contribution is 2.30. The Morgan fingerprint density at radius 2 is 1.71 bits per heavy atom. The molecule has 0 amide bonds. The van der Waals surface area contributed by atoms with Gasteiger partial charge in [-0.1, -0.05) is 0 Å². The molecular weight excluding hydrogens is 275 g/mol. The minimum atomic E-state index is -5.05. The van der Waals surface area contributed by atoms with Gasteiger partial charge in [0.1, 0.15) is 5.82 Å². The second-order valence-electron chi connectivity index (χ2n) is 2.25. The molecule has 0 atom stereocenters. The first kappa shape index (κ1) is 11.2. The zero-order valence-corrected chi connectivity index (χ0v) is 7.92. The highest BCUT2D eigenvalue weighted by molar-refractivity contribution is 9.10. The van der Waals surface area contributed by atoms with E-state index in [-0.39, 0.29) is 0 Å². The van der Waals surface area contributed by atoms with Crippen molar-refractivity contribution in [3.8, 4) is 5.75 Å². The fraction of sp³-hybridized carbons (Fsp3) is 0.143. The predicted molar refractivity (Wildman–Crippen MR) is 40.7 cm³/mol. The molecule has 0 saturated carbocycles. The minimum absolute atomic E-state index is 0.313. The molecule has 78 valence electrons. The van der Waals surface area contributed by atoms with Gasteiger partial charge in [0, 0.05) is 6.07 Å². The number of alkyl halides is 3. The summed E-state index contributed by atoms with van der Waals surface area (Å²) >= 11 is 2.54. The van der Waals surface area contributed by atoms with Gasteiger partial charge in [0.15, 0.2) is 11.6 Å². The van der Waals surface area contributed by atoms with E-state index in [0.29, 0.717) is 12.1 Å². The van der Waals surface area contributed by atoms with Gasteiger partial charge >= 0.3 is 6.36 Å². The van der Waals surface area contributed by atoms with Crippen LogP contribution >= 0.6 is 15.9 Å². The first-order valence-corrected chi connectivity index (χ1v) is 3.99. The van der Waals surface area contributed by atoms with Crippen LogP contribution in [0.15, 0.2) is 16.6 Å². The average molecular weight is 277 g/mol. The SMILES string of the molecule is Fc1cc(Br)c(F)c(OC(F)(F)F)c1. The van der Waals surface area contributed by atoms with Crippen LogP contribution in [0, 0.1) is 11.6 Å². The second-order valence-corrected chi connectivity index (χ2v) is 3.10. The van der Waals surface area contributed by atoms with Gasteiger partial charge in [-0.15, -0.1) is 13.2 Å². The van der Waals surface area contributed by atoms with E-state index in [0.717, 1.165) is 0 Å². The molecule has 1 nitrogen and oxygen atoms in total. The van der Waals surface area contributed by atoms with E-state index in [4.69, 9.17) is 0 Å². The Bertz CT molecular complexity index is 349. The lowest BCUT2D eigenvalue weighted by Crippen LogP contribution is -2.18. The highest BCUT2D eigenvalue weighted by atomic mass is 79.9. The number of ether oxygens (including phenoxy) is 1. The molecule has 0 fully saturated rings. The maximum absolute atomic E-state index is 12.9. The van der Waals surface area contributed by atoms with Crippen LogP contribution in [-0.2, 0) is 0 Å². The maximum atomic E-state index is 12.9. The van der Waals surface area contributed by atoms with Crippen molar-refractivity contribution in [3.63, 3.8) is 0 Å². The van der Waals surface area contributed by atoms with Gasteiger partial charge in [-0.2, -0.15) is 0 Å². The normalized spacial score (nSPS) is 11.6. The Kier molecular flexibility index (Phi) is 2.98. The smallest absolute Gasteiger partial charge is 0.402 e. The minimum Gasteiger partial charge on any atom is -0.402 e. The predicted octanol–water partition coefficient (Wildman–Crippen LogP) is 3.63. The molecule has 0 aliphatic heterocycles. The molecule has 0 aromatic heterocycles. The largest absolute Gasteiger partial charge is 0.573 e. The van der Waals surface area contributed by atoms with Crippen molar-refractivity contribution in [1.82, 2.24) is 0 Å². The van der Waals surface area contributed by atoms with E-state index in [1.54, 1.807) is 0 Å². The standard InChI is InChI=1S/C7H2BrF5O/c8-4-1-3(9)2-5(6(4)10)14-7(11,12)13/h1-2H. The van der Waals surface area contributed by atoms with E-state index in [1.807, 2.05) is 0 Å². The van der Waals surface area contributed by atoms with Crippen molar-refractivity contribution in [2.24, 2.45) is 0 Å². The third-order valence-corrected chi connectivity index (χ3v) is 1.76. The Balaban J connectivity index is 3.09. The highest BCUT2D eigenvalue weighted by Gasteiger charge is 2.33. The summed E-state index contributed by atoms with van der Waals surface area (Å²) in [7, 11) is 0. The number of benzene rings is 1. The lowest BCUT2D eigenvalue weighted by molar-refractivity contribution is -0.275. The fourth-order valence-corrected chi connectivity index (χ4v) is 1.15. The van der Waals surface area contributed by atoms with Crippen LogP contribution in [-0.4, -0.2) is 6.36 Å². The molecule has 0 radical (unpaired) electrons. The lowest BCUT2D eigenvalue weighted by atomic mass is 10.3. The Labute approximate surface area is 83.6 Å². The summed E-state index contributed by atoms with van der Waals surface area (Å²) in [6.07, 6.45) is -5.05. The molecule has 0 spiro atoms. The number of hydrogen-bond donors (Lipinski definition) is 0. The Morgan fingerprint density at radius 3 is 2.21 bits per heavy atom. The molecule has 1 aromatic rings. The number of hydrogen-bond acceptors (Lipinski definition) is 1.